The minimum absolute atomic E-state index is 0.273. The molecule has 2 aromatic heterocycles. The van der Waals surface area contributed by atoms with E-state index in [0.717, 1.165) is 9.88 Å². The van der Waals surface area contributed by atoms with Crippen LogP contribution in [0.25, 0.3) is 9.88 Å². The molecule has 0 aliphatic rings. The monoisotopic (exact) mass is 310 g/mol. The van der Waals surface area contributed by atoms with E-state index in [1.165, 1.54) is 37.1 Å². The molecule has 7 heteroatoms. The second kappa shape index (κ2) is 5.34. The van der Waals surface area contributed by atoms with Crippen molar-refractivity contribution in [1.82, 2.24) is 9.88 Å². The standard InChI is InChI=1S/C13H14N2O3S2/c1-13(2,12(17)18)15(3)11(16)8-7-20-10(14-8)9-5-4-6-19-9/h4-7H,1-3H3,(H,17,18). The Hall–Kier alpha value is -1.73. The smallest absolute Gasteiger partial charge is 0.329 e. The van der Waals surface area contributed by atoms with Crippen LogP contribution in [-0.2, 0) is 4.79 Å². The summed E-state index contributed by atoms with van der Waals surface area (Å²) in [7, 11) is 1.47. The van der Waals surface area contributed by atoms with Crippen molar-refractivity contribution in [3.8, 4) is 9.88 Å². The normalized spacial score (nSPS) is 11.3. The van der Waals surface area contributed by atoms with Gasteiger partial charge in [-0.25, -0.2) is 9.78 Å². The maximum Gasteiger partial charge on any atom is 0.329 e. The van der Waals surface area contributed by atoms with Crippen LogP contribution in [0.15, 0.2) is 22.9 Å². The van der Waals surface area contributed by atoms with E-state index in [4.69, 9.17) is 5.11 Å². The number of carboxylic acids is 1. The van der Waals surface area contributed by atoms with Crippen LogP contribution in [0.1, 0.15) is 24.3 Å². The average molecular weight is 310 g/mol. The molecule has 0 atom stereocenters. The maximum absolute atomic E-state index is 12.3. The Morgan fingerprint density at radius 1 is 1.35 bits per heavy atom. The van der Waals surface area contributed by atoms with Gasteiger partial charge in [-0.1, -0.05) is 6.07 Å². The van der Waals surface area contributed by atoms with Gasteiger partial charge < -0.3 is 10.0 Å². The van der Waals surface area contributed by atoms with Crippen LogP contribution in [0.2, 0.25) is 0 Å². The molecule has 2 heterocycles. The topological polar surface area (TPSA) is 70.5 Å². The third kappa shape index (κ3) is 2.59. The number of likely N-dealkylation sites (N-methyl/N-ethyl adjacent to an activating group) is 1. The number of amides is 1. The SMILES string of the molecule is CN(C(=O)c1csc(-c2cccs2)n1)C(C)(C)C(=O)O. The lowest BCUT2D eigenvalue weighted by Crippen LogP contribution is -2.50. The third-order valence-corrected chi connectivity index (χ3v) is 5.00. The van der Waals surface area contributed by atoms with Crippen molar-refractivity contribution in [3.63, 3.8) is 0 Å². The van der Waals surface area contributed by atoms with Gasteiger partial charge in [0.1, 0.15) is 16.2 Å². The Kier molecular flexibility index (Phi) is 3.92. The summed E-state index contributed by atoms with van der Waals surface area (Å²) in [6.07, 6.45) is 0. The zero-order valence-electron chi connectivity index (χ0n) is 11.3. The lowest BCUT2D eigenvalue weighted by Gasteiger charge is -2.30. The van der Waals surface area contributed by atoms with E-state index in [9.17, 15) is 9.59 Å². The molecule has 0 saturated heterocycles. The summed E-state index contributed by atoms with van der Waals surface area (Å²) in [4.78, 5) is 30.0. The average Bonchev–Trinajstić information content (AvgIpc) is 3.06. The van der Waals surface area contributed by atoms with Crippen LogP contribution in [0.3, 0.4) is 0 Å². The summed E-state index contributed by atoms with van der Waals surface area (Å²) in [5.74, 6) is -1.45. The van der Waals surface area contributed by atoms with Crippen molar-refractivity contribution >= 4 is 34.6 Å². The summed E-state index contributed by atoms with van der Waals surface area (Å²) in [6, 6.07) is 3.85. The van der Waals surface area contributed by atoms with E-state index in [2.05, 4.69) is 4.98 Å². The predicted molar refractivity (Wildman–Crippen MR) is 79.2 cm³/mol. The highest BCUT2D eigenvalue weighted by Crippen LogP contribution is 2.28. The van der Waals surface area contributed by atoms with Gasteiger partial charge in [0.15, 0.2) is 0 Å². The van der Waals surface area contributed by atoms with E-state index >= 15 is 0 Å². The molecule has 20 heavy (non-hydrogen) atoms. The van der Waals surface area contributed by atoms with Gasteiger partial charge in [0, 0.05) is 12.4 Å². The summed E-state index contributed by atoms with van der Waals surface area (Å²) in [6.45, 7) is 2.97. The van der Waals surface area contributed by atoms with Gasteiger partial charge in [0.05, 0.1) is 4.88 Å². The maximum atomic E-state index is 12.3. The Balaban J connectivity index is 2.24. The number of carbonyl (C=O) groups excluding carboxylic acids is 1. The lowest BCUT2D eigenvalue weighted by molar-refractivity contribution is -0.147. The molecule has 0 unspecified atom stereocenters. The van der Waals surface area contributed by atoms with Crippen LogP contribution in [0.4, 0.5) is 0 Å². The molecule has 0 aliphatic heterocycles. The van der Waals surface area contributed by atoms with Crippen LogP contribution in [0, 0.1) is 0 Å². The van der Waals surface area contributed by atoms with Gasteiger partial charge in [0.2, 0.25) is 0 Å². The molecule has 2 aromatic rings. The van der Waals surface area contributed by atoms with Crippen molar-refractivity contribution in [2.24, 2.45) is 0 Å². The number of thiophene rings is 1. The molecular weight excluding hydrogens is 296 g/mol. The second-order valence-electron chi connectivity index (χ2n) is 4.74. The van der Waals surface area contributed by atoms with Gasteiger partial charge in [-0.15, -0.1) is 22.7 Å². The molecule has 106 valence electrons. The number of carboxylic acid groups (broad SMARTS) is 1. The molecule has 2 rings (SSSR count). The van der Waals surface area contributed by atoms with Gasteiger partial charge in [0.25, 0.3) is 5.91 Å². The third-order valence-electron chi connectivity index (χ3n) is 3.12. The number of nitrogens with zero attached hydrogens (tertiary/aromatic N) is 2. The molecule has 1 amide bonds. The van der Waals surface area contributed by atoms with Crippen LogP contribution in [-0.4, -0.2) is 39.5 Å². The van der Waals surface area contributed by atoms with Crippen molar-refractivity contribution in [2.45, 2.75) is 19.4 Å². The predicted octanol–water partition coefficient (Wildman–Crippen LogP) is 2.81. The molecular formula is C13H14N2O3S2. The van der Waals surface area contributed by atoms with Gasteiger partial charge >= 0.3 is 5.97 Å². The van der Waals surface area contributed by atoms with E-state index in [1.54, 1.807) is 16.7 Å². The first-order valence-corrected chi connectivity index (χ1v) is 7.61. The second-order valence-corrected chi connectivity index (χ2v) is 6.55. The van der Waals surface area contributed by atoms with Gasteiger partial charge in [-0.2, -0.15) is 0 Å². The number of aromatic nitrogens is 1. The molecule has 0 radical (unpaired) electrons. The molecule has 0 saturated carbocycles. The van der Waals surface area contributed by atoms with Crippen molar-refractivity contribution < 1.29 is 14.7 Å². The fourth-order valence-electron chi connectivity index (χ4n) is 1.45. The number of hydrogen-bond acceptors (Lipinski definition) is 5. The van der Waals surface area contributed by atoms with Crippen LogP contribution < -0.4 is 0 Å². The lowest BCUT2D eigenvalue weighted by atomic mass is 10.0. The molecule has 0 aromatic carbocycles. The minimum Gasteiger partial charge on any atom is -0.480 e. The summed E-state index contributed by atoms with van der Waals surface area (Å²) in [5, 5.41) is 13.5. The van der Waals surface area contributed by atoms with Crippen LogP contribution in [0.5, 0.6) is 0 Å². The highest BCUT2D eigenvalue weighted by molar-refractivity contribution is 7.20. The zero-order valence-corrected chi connectivity index (χ0v) is 12.9. The van der Waals surface area contributed by atoms with Crippen molar-refractivity contribution in [3.05, 3.63) is 28.6 Å². The Morgan fingerprint density at radius 2 is 2.05 bits per heavy atom. The van der Waals surface area contributed by atoms with Gasteiger partial charge in [-0.3, -0.25) is 4.79 Å². The Bertz CT molecular complexity index is 632. The number of hydrogen-bond donors (Lipinski definition) is 1. The highest BCUT2D eigenvalue weighted by Gasteiger charge is 2.36. The van der Waals surface area contributed by atoms with E-state index in [0.29, 0.717) is 0 Å². The zero-order chi connectivity index (χ0) is 14.9. The first kappa shape index (κ1) is 14.7. The fraction of sp³-hybridized carbons (Fsp3) is 0.308. The van der Waals surface area contributed by atoms with Crippen molar-refractivity contribution in [2.75, 3.05) is 7.05 Å². The molecule has 1 N–H and O–H groups in total. The molecule has 0 spiro atoms. The quantitative estimate of drug-likeness (QED) is 0.942. The van der Waals surface area contributed by atoms with E-state index in [1.807, 2.05) is 17.5 Å². The summed E-state index contributed by atoms with van der Waals surface area (Å²) in [5.41, 5.74) is -1.00. The first-order valence-electron chi connectivity index (χ1n) is 5.85. The fourth-order valence-corrected chi connectivity index (χ4v) is 3.06. The number of aliphatic carboxylic acids is 1. The highest BCUT2D eigenvalue weighted by atomic mass is 32.1. The molecule has 0 fully saturated rings. The number of rotatable bonds is 4. The van der Waals surface area contributed by atoms with Crippen molar-refractivity contribution in [1.29, 1.82) is 0 Å². The Morgan fingerprint density at radius 3 is 2.60 bits per heavy atom. The first-order chi connectivity index (χ1) is 9.34. The summed E-state index contributed by atoms with van der Waals surface area (Å²) < 4.78 is 0. The summed E-state index contributed by atoms with van der Waals surface area (Å²) >= 11 is 2.93. The largest absolute Gasteiger partial charge is 0.480 e. The molecule has 0 bridgehead atoms. The van der Waals surface area contributed by atoms with E-state index < -0.39 is 17.4 Å². The van der Waals surface area contributed by atoms with E-state index in [-0.39, 0.29) is 5.69 Å². The minimum atomic E-state index is -1.27. The number of thiazole rings is 1. The van der Waals surface area contributed by atoms with Crippen LogP contribution >= 0.6 is 22.7 Å². The number of carbonyl (C=O) groups is 2. The molecule has 5 nitrogen and oxygen atoms in total. The Labute approximate surface area is 124 Å². The van der Waals surface area contributed by atoms with Gasteiger partial charge in [-0.05, 0) is 25.3 Å². The molecule has 0 aliphatic carbocycles.